The normalized spacial score (nSPS) is 14.4. The number of hydrogen-bond acceptors (Lipinski definition) is 4. The maximum Gasteiger partial charge on any atom is 0.148 e. The van der Waals surface area contributed by atoms with Gasteiger partial charge in [0, 0.05) is 25.0 Å². The van der Waals surface area contributed by atoms with Crippen molar-refractivity contribution in [3.8, 4) is 18.1 Å². The standard InChI is InChI=1S/C20H18I2N2O2/c1-2-9-26-20-18(21)12-15(13-19(20)22)14-23-16-3-5-17(6-4-16)24-7-10-25-11-8-24/h1,3-6,12-14H,7-11H2. The number of rotatable bonds is 5. The summed E-state index contributed by atoms with van der Waals surface area (Å²) >= 11 is 4.52. The highest BCUT2D eigenvalue weighted by Gasteiger charge is 2.11. The Labute approximate surface area is 181 Å². The number of anilines is 1. The summed E-state index contributed by atoms with van der Waals surface area (Å²) in [4.78, 5) is 6.92. The zero-order valence-corrected chi connectivity index (χ0v) is 18.4. The molecule has 1 saturated heterocycles. The minimum atomic E-state index is 0.273. The number of benzene rings is 2. The lowest BCUT2D eigenvalue weighted by Crippen LogP contribution is -2.36. The number of nitrogens with zero attached hydrogens (tertiary/aromatic N) is 2. The van der Waals surface area contributed by atoms with Crippen molar-refractivity contribution in [1.29, 1.82) is 0 Å². The summed E-state index contributed by atoms with van der Waals surface area (Å²) in [6, 6.07) is 12.4. The first-order valence-corrected chi connectivity index (χ1v) is 10.4. The molecule has 2 aromatic rings. The van der Waals surface area contributed by atoms with E-state index in [0.29, 0.717) is 0 Å². The third-order valence-corrected chi connectivity index (χ3v) is 5.51. The summed E-state index contributed by atoms with van der Waals surface area (Å²) in [5.41, 5.74) is 3.18. The molecule has 0 spiro atoms. The van der Waals surface area contributed by atoms with Crippen LogP contribution in [0.4, 0.5) is 11.4 Å². The van der Waals surface area contributed by atoms with Crippen LogP contribution in [0.2, 0.25) is 0 Å². The Bertz CT molecular complexity index is 800. The van der Waals surface area contributed by atoms with Crippen LogP contribution in [0.3, 0.4) is 0 Å². The number of terminal acetylenes is 1. The summed E-state index contributed by atoms with van der Waals surface area (Å²) < 4.78 is 13.0. The van der Waals surface area contributed by atoms with E-state index in [4.69, 9.17) is 15.9 Å². The average molecular weight is 572 g/mol. The predicted octanol–water partition coefficient (Wildman–Crippen LogP) is 4.50. The van der Waals surface area contributed by atoms with Crippen molar-refractivity contribution in [3.63, 3.8) is 0 Å². The van der Waals surface area contributed by atoms with E-state index in [1.54, 1.807) is 0 Å². The van der Waals surface area contributed by atoms with Gasteiger partial charge in [-0.1, -0.05) is 5.92 Å². The Hall–Kier alpha value is -1.31. The third kappa shape index (κ3) is 5.11. The van der Waals surface area contributed by atoms with Crippen LogP contribution in [0.25, 0.3) is 0 Å². The molecule has 0 aliphatic carbocycles. The van der Waals surface area contributed by atoms with E-state index < -0.39 is 0 Å². The molecule has 1 fully saturated rings. The van der Waals surface area contributed by atoms with Crippen molar-refractivity contribution >= 4 is 62.8 Å². The molecular formula is C20H18I2N2O2. The second kappa shape index (κ2) is 9.58. The Balaban J connectivity index is 1.70. The van der Waals surface area contributed by atoms with Gasteiger partial charge in [-0.05, 0) is 87.1 Å². The molecule has 4 nitrogen and oxygen atoms in total. The smallest absolute Gasteiger partial charge is 0.148 e. The maximum absolute atomic E-state index is 5.60. The van der Waals surface area contributed by atoms with Crippen LogP contribution in [-0.2, 0) is 4.74 Å². The molecule has 0 bridgehead atoms. The van der Waals surface area contributed by atoms with E-state index in [0.717, 1.165) is 50.4 Å². The second-order valence-corrected chi connectivity index (χ2v) is 8.00. The minimum absolute atomic E-state index is 0.273. The SMILES string of the molecule is C#CCOc1c(I)cc(C=Nc2ccc(N3CCOCC3)cc2)cc1I. The van der Waals surface area contributed by atoms with Crippen molar-refractivity contribution in [2.24, 2.45) is 4.99 Å². The quantitative estimate of drug-likeness (QED) is 0.301. The van der Waals surface area contributed by atoms with E-state index >= 15 is 0 Å². The molecule has 6 heteroatoms. The van der Waals surface area contributed by atoms with Gasteiger partial charge in [-0.2, -0.15) is 0 Å². The van der Waals surface area contributed by atoms with Gasteiger partial charge in [0.2, 0.25) is 0 Å². The molecule has 0 aromatic heterocycles. The molecule has 2 aromatic carbocycles. The first-order chi connectivity index (χ1) is 12.7. The maximum atomic E-state index is 5.60. The fraction of sp³-hybridized carbons (Fsp3) is 0.250. The molecule has 0 unspecified atom stereocenters. The van der Waals surface area contributed by atoms with Crippen LogP contribution in [0.5, 0.6) is 5.75 Å². The van der Waals surface area contributed by atoms with Gasteiger partial charge in [-0.15, -0.1) is 6.42 Å². The number of ether oxygens (including phenoxy) is 2. The van der Waals surface area contributed by atoms with Gasteiger partial charge < -0.3 is 14.4 Å². The Morgan fingerprint density at radius 3 is 2.42 bits per heavy atom. The van der Waals surface area contributed by atoms with Gasteiger partial charge in [0.15, 0.2) is 0 Å². The van der Waals surface area contributed by atoms with E-state index in [1.165, 1.54) is 5.69 Å². The van der Waals surface area contributed by atoms with Gasteiger partial charge >= 0.3 is 0 Å². The van der Waals surface area contributed by atoms with Crippen LogP contribution in [-0.4, -0.2) is 39.1 Å². The first-order valence-electron chi connectivity index (χ1n) is 8.19. The minimum Gasteiger partial charge on any atom is -0.479 e. The van der Waals surface area contributed by atoms with Gasteiger partial charge in [0.25, 0.3) is 0 Å². The van der Waals surface area contributed by atoms with Crippen molar-refractivity contribution in [1.82, 2.24) is 0 Å². The summed E-state index contributed by atoms with van der Waals surface area (Å²) in [6.07, 6.45) is 7.14. The topological polar surface area (TPSA) is 34.1 Å². The zero-order chi connectivity index (χ0) is 18.4. The summed E-state index contributed by atoms with van der Waals surface area (Å²) in [5.74, 6) is 3.32. The van der Waals surface area contributed by atoms with E-state index in [-0.39, 0.29) is 6.61 Å². The molecule has 26 heavy (non-hydrogen) atoms. The van der Waals surface area contributed by atoms with Gasteiger partial charge in [-0.3, -0.25) is 4.99 Å². The largest absolute Gasteiger partial charge is 0.479 e. The fourth-order valence-electron chi connectivity index (χ4n) is 2.63. The third-order valence-electron chi connectivity index (χ3n) is 3.91. The van der Waals surface area contributed by atoms with Crippen LogP contribution < -0.4 is 9.64 Å². The monoisotopic (exact) mass is 572 g/mol. The Morgan fingerprint density at radius 1 is 1.15 bits per heavy atom. The van der Waals surface area contributed by atoms with E-state index in [1.807, 2.05) is 30.5 Å². The van der Waals surface area contributed by atoms with Gasteiger partial charge in [-0.25, -0.2) is 0 Å². The van der Waals surface area contributed by atoms with Crippen molar-refractivity contribution < 1.29 is 9.47 Å². The van der Waals surface area contributed by atoms with Gasteiger partial charge in [0.05, 0.1) is 26.0 Å². The molecule has 0 atom stereocenters. The number of aliphatic imine (C=N–C) groups is 1. The number of morpholine rings is 1. The molecule has 0 N–H and O–H groups in total. The van der Waals surface area contributed by atoms with Gasteiger partial charge in [0.1, 0.15) is 12.4 Å². The van der Waals surface area contributed by atoms with E-state index in [2.05, 4.69) is 73.1 Å². The highest BCUT2D eigenvalue weighted by atomic mass is 127. The molecule has 3 rings (SSSR count). The molecule has 1 aliphatic heterocycles. The van der Waals surface area contributed by atoms with Crippen LogP contribution in [0, 0.1) is 19.5 Å². The highest BCUT2D eigenvalue weighted by molar-refractivity contribution is 14.1. The van der Waals surface area contributed by atoms with Crippen molar-refractivity contribution in [3.05, 3.63) is 49.1 Å². The fourth-order valence-corrected chi connectivity index (χ4v) is 4.75. The molecule has 1 heterocycles. The molecule has 1 aliphatic rings. The molecule has 0 amide bonds. The zero-order valence-electron chi connectivity index (χ0n) is 14.1. The Kier molecular flexibility index (Phi) is 7.16. The molecule has 134 valence electrons. The second-order valence-electron chi connectivity index (χ2n) is 5.68. The molecule has 0 radical (unpaired) electrons. The molecule has 0 saturated carbocycles. The predicted molar refractivity (Wildman–Crippen MR) is 123 cm³/mol. The van der Waals surface area contributed by atoms with E-state index in [9.17, 15) is 0 Å². The lowest BCUT2D eigenvalue weighted by Gasteiger charge is -2.28. The Morgan fingerprint density at radius 2 is 1.81 bits per heavy atom. The summed E-state index contributed by atoms with van der Waals surface area (Å²) in [7, 11) is 0. The average Bonchev–Trinajstić information content (AvgIpc) is 2.67. The van der Waals surface area contributed by atoms with Crippen LogP contribution in [0.15, 0.2) is 41.4 Å². The van der Waals surface area contributed by atoms with Crippen molar-refractivity contribution in [2.45, 2.75) is 0 Å². The highest BCUT2D eigenvalue weighted by Crippen LogP contribution is 2.29. The summed E-state index contributed by atoms with van der Waals surface area (Å²) in [5, 5.41) is 0. The first kappa shape index (κ1) is 19.5. The lowest BCUT2D eigenvalue weighted by molar-refractivity contribution is 0.122. The van der Waals surface area contributed by atoms with Crippen LogP contribution >= 0.6 is 45.2 Å². The lowest BCUT2D eigenvalue weighted by atomic mass is 10.2. The summed E-state index contributed by atoms with van der Waals surface area (Å²) in [6.45, 7) is 3.73. The number of halogens is 2. The van der Waals surface area contributed by atoms with Crippen molar-refractivity contribution in [2.75, 3.05) is 37.8 Å². The molecular weight excluding hydrogens is 554 g/mol. The van der Waals surface area contributed by atoms with Crippen LogP contribution in [0.1, 0.15) is 5.56 Å². The number of hydrogen-bond donors (Lipinski definition) is 0.